The van der Waals surface area contributed by atoms with E-state index in [1.807, 2.05) is 24.3 Å². The smallest absolute Gasteiger partial charge is 0.221 e. The van der Waals surface area contributed by atoms with Gasteiger partial charge < -0.3 is 10.6 Å². The molecule has 0 saturated heterocycles. The summed E-state index contributed by atoms with van der Waals surface area (Å²) >= 11 is 7.52. The summed E-state index contributed by atoms with van der Waals surface area (Å²) in [5.41, 5.74) is 3.86. The summed E-state index contributed by atoms with van der Waals surface area (Å²) in [4.78, 5) is 13.1. The Kier molecular flexibility index (Phi) is 5.60. The van der Waals surface area contributed by atoms with Crippen LogP contribution in [0.3, 0.4) is 0 Å². The Bertz CT molecular complexity index is 688. The molecule has 2 N–H and O–H groups in total. The van der Waals surface area contributed by atoms with Crippen LogP contribution in [-0.4, -0.2) is 11.7 Å². The summed E-state index contributed by atoms with van der Waals surface area (Å²) in [6.07, 6.45) is 0.514. The molecule has 2 aromatic rings. The number of amides is 1. The number of rotatable bonds is 6. The Morgan fingerprint density at radius 3 is 2.74 bits per heavy atom. The average molecular weight is 347 g/mol. The van der Waals surface area contributed by atoms with Gasteiger partial charge in [-0.05, 0) is 41.0 Å². The molecular formula is C18H19ClN2OS. The minimum absolute atomic E-state index is 0.0880. The van der Waals surface area contributed by atoms with Crippen LogP contribution in [0.15, 0.2) is 47.4 Å². The van der Waals surface area contributed by atoms with Gasteiger partial charge in [-0.1, -0.05) is 29.8 Å². The lowest BCUT2D eigenvalue weighted by molar-refractivity contribution is -0.120. The largest absolute Gasteiger partial charge is 0.352 e. The fraction of sp³-hybridized carbons (Fsp3) is 0.278. The van der Waals surface area contributed by atoms with Crippen LogP contribution >= 0.6 is 23.4 Å². The topological polar surface area (TPSA) is 41.1 Å². The van der Waals surface area contributed by atoms with E-state index in [0.29, 0.717) is 13.0 Å². The molecule has 3 nitrogen and oxygen atoms in total. The number of halogens is 1. The van der Waals surface area contributed by atoms with Crippen LogP contribution < -0.4 is 10.6 Å². The van der Waals surface area contributed by atoms with Crippen LogP contribution in [0.2, 0.25) is 5.02 Å². The summed E-state index contributed by atoms with van der Waals surface area (Å²) in [5, 5.41) is 7.05. The third-order valence-electron chi connectivity index (χ3n) is 3.80. The Hall–Kier alpha value is -1.49. The maximum atomic E-state index is 11.9. The Morgan fingerprint density at radius 1 is 1.13 bits per heavy atom. The zero-order chi connectivity index (χ0) is 16.1. The average Bonchev–Trinajstić information content (AvgIpc) is 3.02. The van der Waals surface area contributed by atoms with Gasteiger partial charge in [0.15, 0.2) is 0 Å². The molecular weight excluding hydrogens is 328 g/mol. The third-order valence-corrected chi connectivity index (χ3v) is 5.07. The molecule has 0 bridgehead atoms. The summed E-state index contributed by atoms with van der Waals surface area (Å²) in [6, 6.07) is 14.1. The van der Waals surface area contributed by atoms with Gasteiger partial charge in [-0.3, -0.25) is 4.79 Å². The van der Waals surface area contributed by atoms with Crippen molar-refractivity contribution >= 4 is 29.3 Å². The highest BCUT2D eigenvalue weighted by molar-refractivity contribution is 7.99. The predicted octanol–water partition coefficient (Wildman–Crippen LogP) is 3.74. The van der Waals surface area contributed by atoms with Gasteiger partial charge in [-0.2, -0.15) is 0 Å². The molecule has 0 spiro atoms. The van der Waals surface area contributed by atoms with Crippen LogP contribution in [0.25, 0.3) is 0 Å². The molecule has 2 aromatic carbocycles. The molecule has 1 aliphatic rings. The number of hydrogen-bond donors (Lipinski definition) is 2. The molecule has 23 heavy (non-hydrogen) atoms. The number of nitrogens with one attached hydrogen (secondary N) is 2. The first-order valence-corrected chi connectivity index (χ1v) is 9.03. The number of benzene rings is 2. The molecule has 0 aliphatic carbocycles. The molecule has 5 heteroatoms. The molecule has 1 amide bonds. The van der Waals surface area contributed by atoms with Gasteiger partial charge in [0.05, 0.1) is 0 Å². The van der Waals surface area contributed by atoms with E-state index in [-0.39, 0.29) is 5.91 Å². The fourth-order valence-corrected chi connectivity index (χ4v) is 3.52. The van der Waals surface area contributed by atoms with Crippen LogP contribution in [0, 0.1) is 0 Å². The van der Waals surface area contributed by atoms with Crippen molar-refractivity contribution in [3.8, 4) is 0 Å². The van der Waals surface area contributed by atoms with Crippen molar-refractivity contribution in [1.29, 1.82) is 0 Å². The first-order chi connectivity index (χ1) is 11.2. The lowest BCUT2D eigenvalue weighted by Crippen LogP contribution is -2.23. The Labute approximate surface area is 145 Å². The Balaban J connectivity index is 1.40. The zero-order valence-electron chi connectivity index (χ0n) is 12.8. The van der Waals surface area contributed by atoms with Crippen molar-refractivity contribution in [2.24, 2.45) is 0 Å². The molecule has 120 valence electrons. The quantitative estimate of drug-likeness (QED) is 0.783. The summed E-state index contributed by atoms with van der Waals surface area (Å²) in [5.74, 6) is 0.853. The second-order valence-electron chi connectivity index (χ2n) is 5.54. The normalized spacial score (nSPS) is 12.9. The lowest BCUT2D eigenvalue weighted by Gasteiger charge is -2.07. The molecule has 0 radical (unpaired) electrons. The van der Waals surface area contributed by atoms with E-state index in [0.717, 1.165) is 34.3 Å². The van der Waals surface area contributed by atoms with E-state index in [1.54, 1.807) is 11.8 Å². The zero-order valence-corrected chi connectivity index (χ0v) is 14.3. The molecule has 0 aromatic heterocycles. The SMILES string of the molecule is O=C(CCSc1ccc(Cl)cc1)NCc1ccc2c(c1)CNC2. The minimum atomic E-state index is 0.0880. The van der Waals surface area contributed by atoms with Crippen molar-refractivity contribution in [2.45, 2.75) is 31.0 Å². The van der Waals surface area contributed by atoms with Gasteiger partial charge in [0.2, 0.25) is 5.91 Å². The molecule has 1 aliphatic heterocycles. The lowest BCUT2D eigenvalue weighted by atomic mass is 10.1. The number of hydrogen-bond acceptors (Lipinski definition) is 3. The van der Waals surface area contributed by atoms with E-state index in [4.69, 9.17) is 11.6 Å². The van der Waals surface area contributed by atoms with E-state index in [9.17, 15) is 4.79 Å². The standard InChI is InChI=1S/C18H19ClN2OS/c19-16-3-5-17(6-4-16)23-8-7-18(22)21-10-13-1-2-14-11-20-12-15(14)9-13/h1-6,9,20H,7-8,10-12H2,(H,21,22). The van der Waals surface area contributed by atoms with E-state index < -0.39 is 0 Å². The van der Waals surface area contributed by atoms with E-state index >= 15 is 0 Å². The predicted molar refractivity (Wildman–Crippen MR) is 95.6 cm³/mol. The van der Waals surface area contributed by atoms with Crippen LogP contribution in [0.4, 0.5) is 0 Å². The second kappa shape index (κ2) is 7.86. The third kappa shape index (κ3) is 4.74. The second-order valence-corrected chi connectivity index (χ2v) is 7.14. The molecule has 1 heterocycles. The molecule has 0 atom stereocenters. The van der Waals surface area contributed by atoms with Crippen molar-refractivity contribution < 1.29 is 4.79 Å². The summed E-state index contributed by atoms with van der Waals surface area (Å²) < 4.78 is 0. The van der Waals surface area contributed by atoms with Gasteiger partial charge in [0.1, 0.15) is 0 Å². The summed E-state index contributed by atoms with van der Waals surface area (Å²) in [6.45, 7) is 2.47. The first-order valence-electron chi connectivity index (χ1n) is 7.67. The van der Waals surface area contributed by atoms with Crippen LogP contribution in [0.1, 0.15) is 23.1 Å². The molecule has 0 unspecified atom stereocenters. The monoisotopic (exact) mass is 346 g/mol. The summed E-state index contributed by atoms with van der Waals surface area (Å²) in [7, 11) is 0. The highest BCUT2D eigenvalue weighted by atomic mass is 35.5. The van der Waals surface area contributed by atoms with Crippen LogP contribution in [-0.2, 0) is 24.4 Å². The Morgan fingerprint density at radius 2 is 1.91 bits per heavy atom. The molecule has 3 rings (SSSR count). The number of carbonyl (C=O) groups excluding carboxylic acids is 1. The van der Waals surface area contributed by atoms with E-state index in [1.165, 1.54) is 11.1 Å². The van der Waals surface area contributed by atoms with E-state index in [2.05, 4.69) is 28.8 Å². The van der Waals surface area contributed by atoms with Gasteiger partial charge in [0, 0.05) is 41.7 Å². The first kappa shape index (κ1) is 16.4. The maximum absolute atomic E-state index is 11.9. The van der Waals surface area contributed by atoms with Crippen LogP contribution in [0.5, 0.6) is 0 Å². The number of carbonyl (C=O) groups is 1. The fourth-order valence-electron chi connectivity index (χ4n) is 2.54. The highest BCUT2D eigenvalue weighted by Gasteiger charge is 2.10. The van der Waals surface area contributed by atoms with Gasteiger partial charge in [0.25, 0.3) is 0 Å². The van der Waals surface area contributed by atoms with Gasteiger partial charge in [-0.15, -0.1) is 11.8 Å². The minimum Gasteiger partial charge on any atom is -0.352 e. The van der Waals surface area contributed by atoms with Gasteiger partial charge >= 0.3 is 0 Å². The van der Waals surface area contributed by atoms with Crippen molar-refractivity contribution in [1.82, 2.24) is 10.6 Å². The highest BCUT2D eigenvalue weighted by Crippen LogP contribution is 2.21. The van der Waals surface area contributed by atoms with Gasteiger partial charge in [-0.25, -0.2) is 0 Å². The molecule has 0 saturated carbocycles. The van der Waals surface area contributed by atoms with Crippen molar-refractivity contribution in [2.75, 3.05) is 5.75 Å². The van der Waals surface area contributed by atoms with Crippen molar-refractivity contribution in [3.63, 3.8) is 0 Å². The number of thioether (sulfide) groups is 1. The maximum Gasteiger partial charge on any atom is 0.221 e. The molecule has 0 fully saturated rings. The number of fused-ring (bicyclic) bond motifs is 1. The van der Waals surface area contributed by atoms with Crippen molar-refractivity contribution in [3.05, 3.63) is 64.2 Å².